The number of nitrogens with one attached hydrogen (secondary N) is 3. The lowest BCUT2D eigenvalue weighted by atomic mass is 9.70. The number of benzene rings is 1. The van der Waals surface area contributed by atoms with Gasteiger partial charge in [0.2, 0.25) is 5.91 Å². The number of nitrogens with zero attached hydrogens (tertiary/aromatic N) is 2. The van der Waals surface area contributed by atoms with Crippen LogP contribution in [0.3, 0.4) is 0 Å². The molecule has 0 saturated carbocycles. The second kappa shape index (κ2) is 11.6. The molecule has 1 atom stereocenters. The molecule has 1 aliphatic carbocycles. The number of alkyl halides is 4. The van der Waals surface area contributed by atoms with Crippen LogP contribution in [-0.4, -0.2) is 57.9 Å². The number of H-pyrrole nitrogens is 1. The van der Waals surface area contributed by atoms with E-state index in [2.05, 4.69) is 20.6 Å². The highest BCUT2D eigenvalue weighted by Crippen LogP contribution is 2.46. The summed E-state index contributed by atoms with van der Waals surface area (Å²) in [7, 11) is 1.32. The summed E-state index contributed by atoms with van der Waals surface area (Å²) in [5, 5.41) is 5.74. The highest BCUT2D eigenvalue weighted by Gasteiger charge is 2.47. The number of halogens is 4. The number of rotatable bonds is 9. The number of Topliss-reactive ketones (excluding diaryl/α,β-unsaturated/α-hetero) is 1. The fourth-order valence-electron chi connectivity index (χ4n) is 5.07. The van der Waals surface area contributed by atoms with Crippen molar-refractivity contribution in [3.63, 3.8) is 0 Å². The molecule has 0 spiro atoms. The van der Waals surface area contributed by atoms with Gasteiger partial charge in [0.1, 0.15) is 5.82 Å². The molecule has 3 N–H and O–H groups in total. The van der Waals surface area contributed by atoms with E-state index in [1.165, 1.54) is 19.3 Å². The van der Waals surface area contributed by atoms with Crippen LogP contribution >= 0.6 is 0 Å². The van der Waals surface area contributed by atoms with Crippen LogP contribution < -0.4 is 10.6 Å². The van der Waals surface area contributed by atoms with Gasteiger partial charge in [-0.15, -0.1) is 0 Å². The third-order valence-corrected chi connectivity index (χ3v) is 7.45. The van der Waals surface area contributed by atoms with E-state index < -0.39 is 42.0 Å². The van der Waals surface area contributed by atoms with Crippen LogP contribution in [0, 0.1) is 5.41 Å². The summed E-state index contributed by atoms with van der Waals surface area (Å²) >= 11 is 0. The molecule has 0 bridgehead atoms. The number of carbonyl (C=O) groups is 3. The number of carbonyl (C=O) groups excluding carboxylic acids is 3. The largest absolute Gasteiger partial charge is 0.390 e. The number of para-hydroxylation sites is 1. The van der Waals surface area contributed by atoms with Gasteiger partial charge in [-0.05, 0) is 44.5 Å². The van der Waals surface area contributed by atoms with Crippen molar-refractivity contribution in [2.45, 2.75) is 58.3 Å². The molecule has 224 valence electrons. The summed E-state index contributed by atoms with van der Waals surface area (Å²) in [6.07, 6.45) is -3.96. The summed E-state index contributed by atoms with van der Waals surface area (Å²) in [6.45, 7) is 3.48. The zero-order valence-electron chi connectivity index (χ0n) is 23.8. The van der Waals surface area contributed by atoms with Crippen molar-refractivity contribution in [3.8, 4) is 11.3 Å². The topological polar surface area (TPSA) is 107 Å². The maximum absolute atomic E-state index is 14.2. The van der Waals surface area contributed by atoms with Crippen LogP contribution in [0.1, 0.15) is 56.1 Å². The molecule has 2 amide bonds. The predicted molar refractivity (Wildman–Crippen MR) is 151 cm³/mol. The number of hydrogen-bond donors (Lipinski definition) is 3. The van der Waals surface area contributed by atoms with Gasteiger partial charge in [-0.1, -0.05) is 25.1 Å². The van der Waals surface area contributed by atoms with Crippen LogP contribution in [0.2, 0.25) is 0 Å². The average molecular weight is 588 g/mol. The van der Waals surface area contributed by atoms with Crippen LogP contribution in [0.25, 0.3) is 11.3 Å². The zero-order valence-corrected chi connectivity index (χ0v) is 23.8. The number of pyridine rings is 1. The average Bonchev–Trinajstić information content (AvgIpc) is 3.29. The second-order valence-electron chi connectivity index (χ2n) is 11.1. The van der Waals surface area contributed by atoms with Crippen LogP contribution in [0.15, 0.2) is 48.7 Å². The Labute approximate surface area is 240 Å². The molecule has 42 heavy (non-hydrogen) atoms. The number of ketones is 1. The maximum atomic E-state index is 14.2. The molecule has 12 heteroatoms. The van der Waals surface area contributed by atoms with Crippen molar-refractivity contribution in [1.82, 2.24) is 14.9 Å². The molecule has 2 heterocycles. The smallest absolute Gasteiger partial charge is 0.356 e. The summed E-state index contributed by atoms with van der Waals surface area (Å²) in [6, 6.07) is 12.3. The first-order chi connectivity index (χ1) is 19.6. The Balaban J connectivity index is 1.76. The Morgan fingerprint density at radius 1 is 1.10 bits per heavy atom. The number of amides is 2. The maximum Gasteiger partial charge on any atom is 0.390 e. The third-order valence-electron chi connectivity index (χ3n) is 7.45. The van der Waals surface area contributed by atoms with Crippen molar-refractivity contribution < 1.29 is 31.9 Å². The first-order valence-electron chi connectivity index (χ1n) is 13.5. The molecule has 0 aliphatic heterocycles. The first kappa shape index (κ1) is 30.7. The van der Waals surface area contributed by atoms with Gasteiger partial charge in [0.05, 0.1) is 28.8 Å². The van der Waals surface area contributed by atoms with Gasteiger partial charge >= 0.3 is 6.18 Å². The van der Waals surface area contributed by atoms with E-state index in [9.17, 15) is 31.9 Å². The van der Waals surface area contributed by atoms with Gasteiger partial charge in [-0.25, -0.2) is 9.37 Å². The lowest BCUT2D eigenvalue weighted by molar-refractivity contribution is -0.150. The summed E-state index contributed by atoms with van der Waals surface area (Å²) < 4.78 is 52.7. The van der Waals surface area contributed by atoms with E-state index in [1.807, 2.05) is 30.3 Å². The Bertz CT molecular complexity index is 1480. The van der Waals surface area contributed by atoms with E-state index in [-0.39, 0.29) is 30.9 Å². The Hall–Kier alpha value is -4.22. The molecule has 8 nitrogen and oxygen atoms in total. The van der Waals surface area contributed by atoms with Gasteiger partial charge in [0.25, 0.3) is 5.91 Å². The first-order valence-corrected chi connectivity index (χ1v) is 13.5. The number of hydrogen-bond acceptors (Lipinski definition) is 5. The molecule has 4 rings (SSSR count). The minimum atomic E-state index is -4.42. The highest BCUT2D eigenvalue weighted by molar-refractivity contribution is 6.10. The monoisotopic (exact) mass is 587 g/mol. The van der Waals surface area contributed by atoms with Crippen molar-refractivity contribution in [2.75, 3.05) is 24.2 Å². The Kier molecular flexibility index (Phi) is 8.47. The summed E-state index contributed by atoms with van der Waals surface area (Å²) in [5.41, 5.74) is -0.432. The quantitative estimate of drug-likeness (QED) is 0.250. The summed E-state index contributed by atoms with van der Waals surface area (Å²) in [5.74, 6) is -1.64. The molecule has 0 radical (unpaired) electrons. The molecule has 1 aromatic carbocycles. The normalized spacial score (nSPS) is 17.0. The van der Waals surface area contributed by atoms with Gasteiger partial charge in [0, 0.05) is 49.6 Å². The van der Waals surface area contributed by atoms with Crippen molar-refractivity contribution in [2.24, 2.45) is 5.41 Å². The third kappa shape index (κ3) is 6.63. The van der Waals surface area contributed by atoms with Gasteiger partial charge in [-0.2, -0.15) is 13.2 Å². The lowest BCUT2D eigenvalue weighted by Gasteiger charge is -2.37. The molecule has 0 saturated heterocycles. The number of anilines is 3. The number of fused-ring (bicyclic) bond motifs is 1. The van der Waals surface area contributed by atoms with E-state index in [0.29, 0.717) is 33.9 Å². The van der Waals surface area contributed by atoms with Gasteiger partial charge in [-0.3, -0.25) is 14.4 Å². The number of aromatic nitrogens is 2. The fraction of sp³-hybridized carbons (Fsp3) is 0.400. The minimum absolute atomic E-state index is 0.0946. The van der Waals surface area contributed by atoms with Crippen molar-refractivity contribution in [3.05, 3.63) is 59.9 Å². The predicted octanol–water partition coefficient (Wildman–Crippen LogP) is 6.44. The standard InChI is InChI=1S/C30H33F4N5O3/c1-5-29(27(42)39(4)14-12-30(32,33)34)16-20-23(21(40)17-29)25(36-19-9-7-6-8-10-19)24(37-20)18-11-13-35-22(15-18)38-26(41)28(2,3)31/h6-11,13,15,36-37H,5,12,14,16-17H2,1-4H3,(H,35,38,41). The van der Waals surface area contributed by atoms with E-state index in [1.54, 1.807) is 13.0 Å². The van der Waals surface area contributed by atoms with Gasteiger partial charge < -0.3 is 20.5 Å². The van der Waals surface area contributed by atoms with Crippen LogP contribution in [0.4, 0.5) is 34.8 Å². The van der Waals surface area contributed by atoms with E-state index >= 15 is 0 Å². The zero-order chi connectivity index (χ0) is 30.9. The lowest BCUT2D eigenvalue weighted by Crippen LogP contribution is -2.47. The molecule has 3 aromatic rings. The molecule has 1 aliphatic rings. The minimum Gasteiger partial charge on any atom is -0.356 e. The molecule has 2 aromatic heterocycles. The molecular weight excluding hydrogens is 554 g/mol. The van der Waals surface area contributed by atoms with Gasteiger partial charge in [0.15, 0.2) is 11.5 Å². The molecular formula is C30H33F4N5O3. The Morgan fingerprint density at radius 2 is 1.79 bits per heavy atom. The van der Waals surface area contributed by atoms with Crippen LogP contribution in [0.5, 0.6) is 0 Å². The van der Waals surface area contributed by atoms with Crippen molar-refractivity contribution in [1.29, 1.82) is 0 Å². The second-order valence-corrected chi connectivity index (χ2v) is 11.1. The van der Waals surface area contributed by atoms with E-state index in [4.69, 9.17) is 0 Å². The fourth-order valence-corrected chi connectivity index (χ4v) is 5.07. The highest BCUT2D eigenvalue weighted by atomic mass is 19.4. The number of aromatic amines is 1. The Morgan fingerprint density at radius 3 is 2.40 bits per heavy atom. The van der Waals surface area contributed by atoms with Crippen LogP contribution in [-0.2, 0) is 16.0 Å². The molecule has 0 fully saturated rings. The molecule has 1 unspecified atom stereocenters. The van der Waals surface area contributed by atoms with E-state index in [0.717, 1.165) is 18.7 Å². The van der Waals surface area contributed by atoms with Crippen molar-refractivity contribution >= 4 is 34.8 Å². The SMILES string of the molecule is CCC1(C(=O)N(C)CCC(F)(F)F)CC(=O)c2c([nH]c(-c3ccnc(NC(=O)C(C)(C)F)c3)c2Nc2ccccc2)C1. The summed E-state index contributed by atoms with van der Waals surface area (Å²) in [4.78, 5) is 47.9.